The number of aromatic amines is 1. The number of H-pyrrole nitrogens is 1. The van der Waals surface area contributed by atoms with E-state index in [1.807, 2.05) is 13.0 Å². The highest BCUT2D eigenvalue weighted by atomic mass is 16.5. The predicted octanol–water partition coefficient (Wildman–Crippen LogP) is 8.00. The number of likely N-dealkylation sites (tertiary alicyclic amines) is 2. The molecule has 38 heavy (non-hydrogen) atoms. The maximum atomic E-state index is 5.47. The van der Waals surface area contributed by atoms with E-state index in [9.17, 15) is 0 Å². The predicted molar refractivity (Wildman–Crippen MR) is 162 cm³/mol. The fourth-order valence-electron chi connectivity index (χ4n) is 7.40. The minimum atomic E-state index is 0.412. The average Bonchev–Trinajstić information content (AvgIpc) is 3.61. The fraction of sp³-hybridized carbons (Fsp3) is 0.588. The third-order valence-electron chi connectivity index (χ3n) is 9.56. The van der Waals surface area contributed by atoms with Crippen LogP contribution in [0, 0.1) is 0 Å². The van der Waals surface area contributed by atoms with Crippen LogP contribution in [-0.4, -0.2) is 60.2 Å². The number of benzene rings is 1. The Balaban J connectivity index is 1.29. The Kier molecular flexibility index (Phi) is 8.80. The molecule has 3 heterocycles. The van der Waals surface area contributed by atoms with E-state index in [1.165, 1.54) is 105 Å². The second-order valence-electron chi connectivity index (χ2n) is 12.2. The first-order valence-corrected chi connectivity index (χ1v) is 15.2. The number of nitrogens with zero attached hydrogens (tertiary/aromatic N) is 2. The molecule has 4 nitrogen and oxygen atoms in total. The highest BCUT2D eigenvalue weighted by Gasteiger charge is 2.32. The Labute approximate surface area is 230 Å². The molecule has 0 spiro atoms. The van der Waals surface area contributed by atoms with Crippen LogP contribution in [-0.2, 0) is 4.74 Å². The topological polar surface area (TPSA) is 31.5 Å². The maximum Gasteiger partial charge on any atom is 0.0931 e. The molecule has 2 aromatic rings. The second kappa shape index (κ2) is 12.3. The molecular weight excluding hydrogens is 466 g/mol. The Morgan fingerprint density at radius 1 is 0.974 bits per heavy atom. The number of rotatable bonds is 8. The van der Waals surface area contributed by atoms with Crippen molar-refractivity contribution < 1.29 is 4.74 Å². The normalized spacial score (nSPS) is 22.1. The van der Waals surface area contributed by atoms with Gasteiger partial charge in [-0.15, -0.1) is 0 Å². The minimum absolute atomic E-state index is 0.412. The zero-order valence-electron chi connectivity index (χ0n) is 24.3. The summed E-state index contributed by atoms with van der Waals surface area (Å²) in [6.45, 7) is 15.7. The van der Waals surface area contributed by atoms with Gasteiger partial charge in [0.25, 0.3) is 0 Å². The zero-order valence-corrected chi connectivity index (χ0v) is 24.3. The summed E-state index contributed by atoms with van der Waals surface area (Å²) in [6, 6.07) is 8.87. The molecule has 1 N–H and O–H groups in total. The third kappa shape index (κ3) is 5.82. The molecule has 1 aromatic carbocycles. The summed E-state index contributed by atoms with van der Waals surface area (Å²) in [5.74, 6) is 1.96. The molecule has 1 aliphatic carbocycles. The van der Waals surface area contributed by atoms with E-state index in [4.69, 9.17) is 4.74 Å². The van der Waals surface area contributed by atoms with Gasteiger partial charge in [-0.25, -0.2) is 0 Å². The molecule has 0 amide bonds. The van der Waals surface area contributed by atoms with Gasteiger partial charge < -0.3 is 19.5 Å². The summed E-state index contributed by atoms with van der Waals surface area (Å²) < 4.78 is 5.47. The van der Waals surface area contributed by atoms with Crippen LogP contribution < -0.4 is 0 Å². The third-order valence-corrected chi connectivity index (χ3v) is 9.56. The lowest BCUT2D eigenvalue weighted by Gasteiger charge is -2.43. The maximum absolute atomic E-state index is 5.47. The van der Waals surface area contributed by atoms with Gasteiger partial charge in [-0.3, -0.25) is 0 Å². The van der Waals surface area contributed by atoms with Crippen LogP contribution in [0.2, 0.25) is 0 Å². The molecule has 3 aliphatic rings. The lowest BCUT2D eigenvalue weighted by Crippen LogP contribution is -2.49. The van der Waals surface area contributed by atoms with E-state index < -0.39 is 0 Å². The summed E-state index contributed by atoms with van der Waals surface area (Å²) in [5, 5.41) is 1.37. The molecule has 4 heteroatoms. The van der Waals surface area contributed by atoms with E-state index in [-0.39, 0.29) is 0 Å². The number of aromatic nitrogens is 1. The largest absolute Gasteiger partial charge is 0.501 e. The standard InChI is InChI=1S/C34H49N3O/c1-6-9-28(22-25(4)38-5)34-33(24(2)3)31-23-27(12-13-32(31)35-34)26-14-18-36(19-15-26)30-16-20-37(21-17-30)29-10-7-8-11-29/h6,9,12-13,22-24,26,29-30,35H,1,7-8,10-11,14-21H2,2-5H3/b25-22+,28-9+. The van der Waals surface area contributed by atoms with E-state index in [2.05, 4.69) is 65.6 Å². The van der Waals surface area contributed by atoms with Gasteiger partial charge in [0, 0.05) is 28.6 Å². The van der Waals surface area contributed by atoms with E-state index in [1.54, 1.807) is 7.11 Å². The van der Waals surface area contributed by atoms with Gasteiger partial charge in [-0.05, 0) is 113 Å². The Bertz CT molecular complexity index is 1150. The highest BCUT2D eigenvalue weighted by molar-refractivity contribution is 5.92. The first kappa shape index (κ1) is 27.3. The van der Waals surface area contributed by atoms with Crippen molar-refractivity contribution in [1.29, 1.82) is 0 Å². The number of hydrogen-bond donors (Lipinski definition) is 1. The van der Waals surface area contributed by atoms with Gasteiger partial charge in [-0.1, -0.05) is 51.5 Å². The van der Waals surface area contributed by atoms with E-state index >= 15 is 0 Å². The molecule has 0 atom stereocenters. The molecule has 1 saturated carbocycles. The van der Waals surface area contributed by atoms with Crippen LogP contribution in [0.25, 0.3) is 16.5 Å². The van der Waals surface area contributed by atoms with Crippen LogP contribution in [0.4, 0.5) is 0 Å². The van der Waals surface area contributed by atoms with Crippen LogP contribution in [0.3, 0.4) is 0 Å². The van der Waals surface area contributed by atoms with Crippen molar-refractivity contribution >= 4 is 16.5 Å². The van der Waals surface area contributed by atoms with Gasteiger partial charge in [0.1, 0.15) is 0 Å². The van der Waals surface area contributed by atoms with Crippen molar-refractivity contribution in [2.75, 3.05) is 33.3 Å². The Morgan fingerprint density at radius 3 is 2.21 bits per heavy atom. The van der Waals surface area contributed by atoms with Crippen LogP contribution >= 0.6 is 0 Å². The van der Waals surface area contributed by atoms with Gasteiger partial charge in [-0.2, -0.15) is 0 Å². The molecule has 2 saturated heterocycles. The minimum Gasteiger partial charge on any atom is -0.501 e. The number of fused-ring (bicyclic) bond motifs is 1. The Hall–Kier alpha value is -2.30. The summed E-state index contributed by atoms with van der Waals surface area (Å²) >= 11 is 0. The zero-order chi connectivity index (χ0) is 26.6. The second-order valence-corrected chi connectivity index (χ2v) is 12.2. The van der Waals surface area contributed by atoms with Gasteiger partial charge in [0.15, 0.2) is 0 Å². The molecule has 3 fully saturated rings. The first-order valence-electron chi connectivity index (χ1n) is 15.2. The van der Waals surface area contributed by atoms with Crippen LogP contribution in [0.1, 0.15) is 101 Å². The quantitative estimate of drug-likeness (QED) is 0.285. The number of ether oxygens (including phenoxy) is 1. The molecular formula is C34H49N3O. The molecule has 2 aliphatic heterocycles. The molecule has 1 aromatic heterocycles. The van der Waals surface area contributed by atoms with Gasteiger partial charge in [0.05, 0.1) is 18.6 Å². The summed E-state index contributed by atoms with van der Waals surface area (Å²) in [6.07, 6.45) is 17.1. The van der Waals surface area contributed by atoms with Crippen LogP contribution in [0.15, 0.2) is 48.8 Å². The van der Waals surface area contributed by atoms with Crippen molar-refractivity contribution in [3.8, 4) is 0 Å². The van der Waals surface area contributed by atoms with Crippen molar-refractivity contribution in [3.63, 3.8) is 0 Å². The molecule has 0 radical (unpaired) electrons. The monoisotopic (exact) mass is 515 g/mol. The number of nitrogens with one attached hydrogen (secondary N) is 1. The van der Waals surface area contributed by atoms with E-state index in [0.717, 1.165) is 23.4 Å². The number of methoxy groups -OCH3 is 1. The highest BCUT2D eigenvalue weighted by Crippen LogP contribution is 2.38. The van der Waals surface area contributed by atoms with E-state index in [0.29, 0.717) is 11.8 Å². The van der Waals surface area contributed by atoms with Crippen molar-refractivity contribution in [3.05, 3.63) is 65.6 Å². The average molecular weight is 516 g/mol. The van der Waals surface area contributed by atoms with Crippen LogP contribution in [0.5, 0.6) is 0 Å². The molecule has 206 valence electrons. The summed E-state index contributed by atoms with van der Waals surface area (Å²) in [5.41, 5.74) is 6.42. The number of allylic oxidation sites excluding steroid dienone is 5. The van der Waals surface area contributed by atoms with Gasteiger partial charge in [0.2, 0.25) is 0 Å². The summed E-state index contributed by atoms with van der Waals surface area (Å²) in [4.78, 5) is 9.37. The lowest BCUT2D eigenvalue weighted by molar-refractivity contribution is 0.0696. The number of hydrogen-bond acceptors (Lipinski definition) is 3. The van der Waals surface area contributed by atoms with Gasteiger partial charge >= 0.3 is 0 Å². The molecule has 5 rings (SSSR count). The number of piperidine rings is 2. The SMILES string of the molecule is C=C/C=C(\C=C(/C)OC)c1[nH]c2ccc(C3CCN(C4CCN(C5CCCC5)CC4)CC3)cc2c1C(C)C. The lowest BCUT2D eigenvalue weighted by atomic mass is 9.86. The fourth-order valence-corrected chi connectivity index (χ4v) is 7.40. The molecule has 0 unspecified atom stereocenters. The smallest absolute Gasteiger partial charge is 0.0931 e. The van der Waals surface area contributed by atoms with Crippen molar-refractivity contribution in [2.45, 2.75) is 96.1 Å². The van der Waals surface area contributed by atoms with Crippen molar-refractivity contribution in [2.24, 2.45) is 0 Å². The van der Waals surface area contributed by atoms with Crippen molar-refractivity contribution in [1.82, 2.24) is 14.8 Å². The summed E-state index contributed by atoms with van der Waals surface area (Å²) in [7, 11) is 1.73. The Morgan fingerprint density at radius 2 is 1.61 bits per heavy atom. The molecule has 0 bridgehead atoms. The first-order chi connectivity index (χ1) is 18.5.